The van der Waals surface area contributed by atoms with Gasteiger partial charge in [0.1, 0.15) is 11.5 Å². The average Bonchev–Trinajstić information content (AvgIpc) is 3.04. The number of nitrogens with one attached hydrogen (secondary N) is 1. The molecule has 1 fully saturated rings. The summed E-state index contributed by atoms with van der Waals surface area (Å²) in [5.74, 6) is 1.78. The van der Waals surface area contributed by atoms with Crippen LogP contribution in [-0.2, 0) is 11.3 Å². The first-order valence-electron chi connectivity index (χ1n) is 7.00. The lowest BCUT2D eigenvalue weighted by molar-refractivity contribution is -0.118. The number of rotatable bonds is 4. The molecule has 0 bridgehead atoms. The number of benzene rings is 1. The molecule has 0 saturated carbocycles. The molecule has 1 aliphatic heterocycles. The third-order valence-corrected chi connectivity index (χ3v) is 3.99. The molecule has 1 aromatic heterocycles. The first-order valence-corrected chi connectivity index (χ1v) is 7.37. The van der Waals surface area contributed by atoms with Crippen molar-refractivity contribution < 1.29 is 9.21 Å². The Hall–Kier alpha value is -1.78. The fraction of sp³-hybridized carbons (Fsp3) is 0.312. The average molecular weight is 305 g/mol. The number of carbonyl (C=O) groups excluding carboxylic acids is 1. The molecule has 3 rings (SSSR count). The molecule has 1 aliphatic rings. The quantitative estimate of drug-likeness (QED) is 0.944. The van der Waals surface area contributed by atoms with Crippen LogP contribution in [0.3, 0.4) is 0 Å². The molecule has 4 nitrogen and oxygen atoms in total. The van der Waals surface area contributed by atoms with Crippen LogP contribution in [0.1, 0.15) is 17.9 Å². The fourth-order valence-electron chi connectivity index (χ4n) is 2.58. The molecule has 110 valence electrons. The summed E-state index contributed by atoms with van der Waals surface area (Å²) in [5.41, 5.74) is 0.780. The number of furan rings is 1. The Kier molecular flexibility index (Phi) is 3.99. The van der Waals surface area contributed by atoms with Crippen molar-refractivity contribution in [1.82, 2.24) is 5.32 Å². The second kappa shape index (κ2) is 5.92. The number of para-hydroxylation sites is 1. The largest absolute Gasteiger partial charge is 0.465 e. The van der Waals surface area contributed by atoms with Crippen molar-refractivity contribution in [3.05, 3.63) is 52.9 Å². The van der Waals surface area contributed by atoms with E-state index in [1.54, 1.807) is 11.0 Å². The molecule has 1 saturated heterocycles. The van der Waals surface area contributed by atoms with Crippen LogP contribution in [0.15, 0.2) is 40.8 Å². The summed E-state index contributed by atoms with van der Waals surface area (Å²) < 4.78 is 5.50. The van der Waals surface area contributed by atoms with Crippen LogP contribution < -0.4 is 10.2 Å². The van der Waals surface area contributed by atoms with Gasteiger partial charge < -0.3 is 9.32 Å². The maximum absolute atomic E-state index is 12.5. The fourth-order valence-corrected chi connectivity index (χ4v) is 2.82. The minimum absolute atomic E-state index is 0.0615. The Morgan fingerprint density at radius 3 is 2.86 bits per heavy atom. The van der Waals surface area contributed by atoms with Crippen LogP contribution in [0, 0.1) is 6.92 Å². The van der Waals surface area contributed by atoms with E-state index in [0.717, 1.165) is 23.6 Å². The molecule has 21 heavy (non-hydrogen) atoms. The molecule has 5 heteroatoms. The van der Waals surface area contributed by atoms with Crippen LogP contribution >= 0.6 is 11.6 Å². The summed E-state index contributed by atoms with van der Waals surface area (Å²) in [5, 5.41) is 3.86. The lowest BCUT2D eigenvalue weighted by Crippen LogP contribution is -2.38. The van der Waals surface area contributed by atoms with Gasteiger partial charge in [-0.2, -0.15) is 0 Å². The molecule has 1 atom stereocenters. The van der Waals surface area contributed by atoms with Crippen molar-refractivity contribution in [2.45, 2.75) is 25.9 Å². The number of aryl methyl sites for hydroxylation is 1. The lowest BCUT2D eigenvalue weighted by Gasteiger charge is -2.18. The zero-order valence-electron chi connectivity index (χ0n) is 11.8. The molecule has 1 amide bonds. The van der Waals surface area contributed by atoms with Gasteiger partial charge >= 0.3 is 0 Å². The molecule has 2 aromatic rings. The summed E-state index contributed by atoms with van der Waals surface area (Å²) in [4.78, 5) is 14.2. The van der Waals surface area contributed by atoms with Gasteiger partial charge in [0, 0.05) is 6.54 Å². The molecule has 1 N–H and O–H groups in total. The number of nitrogens with zero attached hydrogens (tertiary/aromatic N) is 1. The van der Waals surface area contributed by atoms with Crippen LogP contribution in [0.4, 0.5) is 5.69 Å². The minimum atomic E-state index is -0.188. The van der Waals surface area contributed by atoms with E-state index < -0.39 is 0 Å². The monoisotopic (exact) mass is 304 g/mol. The van der Waals surface area contributed by atoms with E-state index in [0.29, 0.717) is 18.1 Å². The number of anilines is 1. The molecular weight excluding hydrogens is 288 g/mol. The van der Waals surface area contributed by atoms with E-state index in [-0.39, 0.29) is 11.9 Å². The summed E-state index contributed by atoms with van der Waals surface area (Å²) in [6.07, 6.45) is 0.768. The summed E-state index contributed by atoms with van der Waals surface area (Å²) in [6, 6.07) is 11.1. The normalized spacial score (nSPS) is 18.5. The van der Waals surface area contributed by atoms with Gasteiger partial charge in [0.15, 0.2) is 0 Å². The number of halogens is 1. The second-order valence-electron chi connectivity index (χ2n) is 5.18. The zero-order valence-corrected chi connectivity index (χ0v) is 12.6. The molecule has 2 heterocycles. The van der Waals surface area contributed by atoms with Crippen molar-refractivity contribution in [2.75, 3.05) is 11.4 Å². The van der Waals surface area contributed by atoms with Gasteiger partial charge in [0.2, 0.25) is 5.91 Å². The molecule has 0 aliphatic carbocycles. The minimum Gasteiger partial charge on any atom is -0.465 e. The lowest BCUT2D eigenvalue weighted by atomic mass is 10.2. The van der Waals surface area contributed by atoms with E-state index in [1.165, 1.54) is 0 Å². The van der Waals surface area contributed by atoms with Gasteiger partial charge in [0.05, 0.1) is 23.3 Å². The highest BCUT2D eigenvalue weighted by molar-refractivity contribution is 6.33. The maximum Gasteiger partial charge on any atom is 0.244 e. The van der Waals surface area contributed by atoms with Gasteiger partial charge in [-0.15, -0.1) is 0 Å². The molecular formula is C16H17ClN2O2. The Bertz CT molecular complexity index is 653. The Labute approximate surface area is 128 Å². The standard InChI is InChI=1S/C16H17ClN2O2/c1-11-6-7-12(21-11)10-18-14-8-9-19(16(14)20)15-5-3-2-4-13(15)17/h2-7,14,18H,8-10H2,1H3. The summed E-state index contributed by atoms with van der Waals surface area (Å²) in [7, 11) is 0. The number of carbonyl (C=O) groups is 1. The first kappa shape index (κ1) is 14.2. The SMILES string of the molecule is Cc1ccc(CNC2CCN(c3ccccc3Cl)C2=O)o1. The predicted molar refractivity (Wildman–Crippen MR) is 82.5 cm³/mol. The number of amides is 1. The number of hydrogen-bond donors (Lipinski definition) is 1. The van der Waals surface area contributed by atoms with Gasteiger partial charge in [0.25, 0.3) is 0 Å². The van der Waals surface area contributed by atoms with E-state index in [4.69, 9.17) is 16.0 Å². The first-order chi connectivity index (χ1) is 10.1. The third kappa shape index (κ3) is 2.96. The Morgan fingerprint density at radius 2 is 2.14 bits per heavy atom. The van der Waals surface area contributed by atoms with Gasteiger partial charge in [-0.25, -0.2) is 0 Å². The zero-order chi connectivity index (χ0) is 14.8. The van der Waals surface area contributed by atoms with E-state index >= 15 is 0 Å². The van der Waals surface area contributed by atoms with Crippen molar-refractivity contribution in [2.24, 2.45) is 0 Å². The Balaban J connectivity index is 1.65. The topological polar surface area (TPSA) is 45.5 Å². The van der Waals surface area contributed by atoms with Gasteiger partial charge in [-0.1, -0.05) is 23.7 Å². The highest BCUT2D eigenvalue weighted by atomic mass is 35.5. The van der Waals surface area contributed by atoms with Crippen LogP contribution in [0.25, 0.3) is 0 Å². The smallest absolute Gasteiger partial charge is 0.244 e. The molecule has 0 radical (unpaired) electrons. The highest BCUT2D eigenvalue weighted by Gasteiger charge is 2.33. The van der Waals surface area contributed by atoms with Crippen molar-refractivity contribution >= 4 is 23.2 Å². The highest BCUT2D eigenvalue weighted by Crippen LogP contribution is 2.29. The van der Waals surface area contributed by atoms with Crippen molar-refractivity contribution in [1.29, 1.82) is 0 Å². The third-order valence-electron chi connectivity index (χ3n) is 3.67. The van der Waals surface area contributed by atoms with Gasteiger partial charge in [-0.05, 0) is 37.6 Å². The maximum atomic E-state index is 12.5. The molecule has 0 spiro atoms. The number of hydrogen-bond acceptors (Lipinski definition) is 3. The van der Waals surface area contributed by atoms with Gasteiger partial charge in [-0.3, -0.25) is 10.1 Å². The summed E-state index contributed by atoms with van der Waals surface area (Å²) in [6.45, 7) is 3.14. The van der Waals surface area contributed by atoms with Crippen molar-refractivity contribution in [3.63, 3.8) is 0 Å². The van der Waals surface area contributed by atoms with Crippen LogP contribution in [0.2, 0.25) is 5.02 Å². The second-order valence-corrected chi connectivity index (χ2v) is 5.58. The summed E-state index contributed by atoms with van der Waals surface area (Å²) >= 11 is 6.16. The van der Waals surface area contributed by atoms with Crippen LogP contribution in [0.5, 0.6) is 0 Å². The Morgan fingerprint density at radius 1 is 1.33 bits per heavy atom. The van der Waals surface area contributed by atoms with E-state index in [1.807, 2.05) is 37.3 Å². The van der Waals surface area contributed by atoms with Crippen molar-refractivity contribution in [3.8, 4) is 0 Å². The van der Waals surface area contributed by atoms with E-state index in [9.17, 15) is 4.79 Å². The van der Waals surface area contributed by atoms with E-state index in [2.05, 4.69) is 5.32 Å². The van der Waals surface area contributed by atoms with Crippen LogP contribution in [-0.4, -0.2) is 18.5 Å². The molecule has 1 unspecified atom stereocenters. The molecule has 1 aromatic carbocycles. The predicted octanol–water partition coefficient (Wildman–Crippen LogP) is 3.14.